The minimum Gasteiger partial charge on any atom is -0.378 e. The zero-order valence-corrected chi connectivity index (χ0v) is 15.4. The van der Waals surface area contributed by atoms with Gasteiger partial charge in [-0.3, -0.25) is 0 Å². The molecule has 2 heterocycles. The number of rotatable bonds is 7. The Morgan fingerprint density at radius 2 is 2.23 bits per heavy atom. The van der Waals surface area contributed by atoms with E-state index < -0.39 is 0 Å². The van der Waals surface area contributed by atoms with Crippen molar-refractivity contribution in [2.75, 3.05) is 25.5 Å². The zero-order chi connectivity index (χ0) is 18.4. The maximum atomic E-state index is 12.5. The monoisotopic (exact) mass is 358 g/mol. The third-order valence-corrected chi connectivity index (χ3v) is 4.57. The number of hydrogen-bond acceptors (Lipinski definition) is 5. The van der Waals surface area contributed by atoms with Crippen LogP contribution >= 0.6 is 0 Å². The molecule has 2 aromatic rings. The molecule has 0 aliphatic carbocycles. The molecule has 1 N–H and O–H groups in total. The number of aromatic nitrogens is 2. The standard InChI is InChI=1S/C19H26N4O3/c1-3-17-21-18(26-22-17)15-10-4-5-11-16(15)20-19(24)23(2)12-6-8-14-9-7-13-25-14/h4-5,10-11,14H,3,6-9,12-13H2,1-2H3,(H,20,24)/t14-/m0/s1. The van der Waals surface area contributed by atoms with Gasteiger partial charge < -0.3 is 19.5 Å². The number of anilines is 1. The molecule has 2 amide bonds. The lowest BCUT2D eigenvalue weighted by Gasteiger charge is -2.19. The molecule has 0 saturated carbocycles. The van der Waals surface area contributed by atoms with Gasteiger partial charge in [0.25, 0.3) is 5.89 Å². The summed E-state index contributed by atoms with van der Waals surface area (Å²) in [5, 5.41) is 6.87. The zero-order valence-electron chi connectivity index (χ0n) is 15.4. The largest absolute Gasteiger partial charge is 0.378 e. The third-order valence-electron chi connectivity index (χ3n) is 4.57. The van der Waals surface area contributed by atoms with Crippen molar-refractivity contribution in [1.82, 2.24) is 15.0 Å². The Morgan fingerprint density at radius 1 is 1.38 bits per heavy atom. The summed E-state index contributed by atoms with van der Waals surface area (Å²) in [5.74, 6) is 1.06. The van der Waals surface area contributed by atoms with Crippen molar-refractivity contribution in [3.63, 3.8) is 0 Å². The summed E-state index contributed by atoms with van der Waals surface area (Å²) in [6, 6.07) is 7.29. The van der Waals surface area contributed by atoms with E-state index in [0.29, 0.717) is 36.5 Å². The van der Waals surface area contributed by atoms with E-state index in [4.69, 9.17) is 9.26 Å². The van der Waals surface area contributed by atoms with Gasteiger partial charge in [-0.1, -0.05) is 24.2 Å². The van der Waals surface area contributed by atoms with E-state index in [2.05, 4.69) is 15.5 Å². The predicted octanol–water partition coefficient (Wildman–Crippen LogP) is 3.72. The number of carbonyl (C=O) groups is 1. The van der Waals surface area contributed by atoms with Crippen LogP contribution in [0.5, 0.6) is 0 Å². The highest BCUT2D eigenvalue weighted by molar-refractivity contribution is 5.93. The second-order valence-electron chi connectivity index (χ2n) is 6.54. The minimum absolute atomic E-state index is 0.153. The van der Waals surface area contributed by atoms with Crippen molar-refractivity contribution in [3.8, 4) is 11.5 Å². The Bertz CT molecular complexity index is 725. The fourth-order valence-corrected chi connectivity index (χ4v) is 3.03. The van der Waals surface area contributed by atoms with Gasteiger partial charge in [0.15, 0.2) is 5.82 Å². The molecular formula is C19H26N4O3. The van der Waals surface area contributed by atoms with Crippen molar-refractivity contribution in [1.29, 1.82) is 0 Å². The number of urea groups is 1. The molecule has 0 bridgehead atoms. The molecule has 7 nitrogen and oxygen atoms in total. The predicted molar refractivity (Wildman–Crippen MR) is 99.0 cm³/mol. The number of amides is 2. The van der Waals surface area contributed by atoms with E-state index in [9.17, 15) is 4.79 Å². The first-order valence-electron chi connectivity index (χ1n) is 9.23. The van der Waals surface area contributed by atoms with Crippen LogP contribution in [0.1, 0.15) is 38.4 Å². The number of ether oxygens (including phenoxy) is 1. The molecule has 1 aliphatic rings. The van der Waals surface area contributed by atoms with Gasteiger partial charge >= 0.3 is 6.03 Å². The van der Waals surface area contributed by atoms with Gasteiger partial charge in [0.2, 0.25) is 0 Å². The Morgan fingerprint density at radius 3 is 2.96 bits per heavy atom. The van der Waals surface area contributed by atoms with Crippen LogP contribution in [-0.4, -0.2) is 47.4 Å². The van der Waals surface area contributed by atoms with Crippen molar-refractivity contribution in [3.05, 3.63) is 30.1 Å². The molecule has 0 spiro atoms. The summed E-state index contributed by atoms with van der Waals surface area (Å²) in [6.07, 6.45) is 5.26. The molecule has 1 aromatic heterocycles. The molecular weight excluding hydrogens is 332 g/mol. The first-order valence-corrected chi connectivity index (χ1v) is 9.23. The second kappa shape index (κ2) is 8.80. The Labute approximate surface area is 153 Å². The first kappa shape index (κ1) is 18.4. The molecule has 26 heavy (non-hydrogen) atoms. The van der Waals surface area contributed by atoms with Gasteiger partial charge in [0, 0.05) is 26.6 Å². The summed E-state index contributed by atoms with van der Waals surface area (Å²) in [7, 11) is 1.80. The highest BCUT2D eigenvalue weighted by Crippen LogP contribution is 2.26. The van der Waals surface area contributed by atoms with E-state index in [1.54, 1.807) is 11.9 Å². The molecule has 0 radical (unpaired) electrons. The maximum absolute atomic E-state index is 12.5. The van der Waals surface area contributed by atoms with E-state index in [0.717, 1.165) is 37.9 Å². The van der Waals surface area contributed by atoms with Crippen LogP contribution in [0.3, 0.4) is 0 Å². The average Bonchev–Trinajstić information content (AvgIpc) is 3.33. The van der Waals surface area contributed by atoms with Crippen molar-refractivity contribution in [2.45, 2.75) is 45.1 Å². The van der Waals surface area contributed by atoms with Crippen molar-refractivity contribution >= 4 is 11.7 Å². The number of aryl methyl sites for hydroxylation is 1. The molecule has 1 aliphatic heterocycles. The quantitative estimate of drug-likeness (QED) is 0.816. The minimum atomic E-state index is -0.153. The molecule has 1 atom stereocenters. The number of carbonyl (C=O) groups excluding carboxylic acids is 1. The fraction of sp³-hybridized carbons (Fsp3) is 0.526. The molecule has 0 unspecified atom stereocenters. The van der Waals surface area contributed by atoms with Gasteiger partial charge in [-0.25, -0.2) is 4.79 Å². The van der Waals surface area contributed by atoms with Crippen LogP contribution in [0.25, 0.3) is 11.5 Å². The molecule has 1 fully saturated rings. The van der Waals surface area contributed by atoms with Crippen LogP contribution in [0.15, 0.2) is 28.8 Å². The van der Waals surface area contributed by atoms with E-state index in [1.807, 2.05) is 31.2 Å². The average molecular weight is 358 g/mol. The van der Waals surface area contributed by atoms with E-state index >= 15 is 0 Å². The Balaban J connectivity index is 1.58. The summed E-state index contributed by atoms with van der Waals surface area (Å²) >= 11 is 0. The third kappa shape index (κ3) is 4.60. The lowest BCUT2D eigenvalue weighted by Crippen LogP contribution is -2.32. The normalized spacial score (nSPS) is 16.6. The maximum Gasteiger partial charge on any atom is 0.321 e. The highest BCUT2D eigenvalue weighted by Gasteiger charge is 2.18. The van der Waals surface area contributed by atoms with Crippen molar-refractivity contribution in [2.24, 2.45) is 0 Å². The number of nitrogens with one attached hydrogen (secondary N) is 1. The molecule has 140 valence electrons. The topological polar surface area (TPSA) is 80.5 Å². The molecule has 3 rings (SSSR count). The van der Waals surface area contributed by atoms with E-state index in [1.165, 1.54) is 0 Å². The van der Waals surface area contributed by atoms with Crippen LogP contribution in [0.4, 0.5) is 10.5 Å². The fourth-order valence-electron chi connectivity index (χ4n) is 3.03. The number of benzene rings is 1. The van der Waals surface area contributed by atoms with Gasteiger partial charge in [-0.2, -0.15) is 4.98 Å². The molecule has 7 heteroatoms. The number of nitrogens with zero attached hydrogens (tertiary/aromatic N) is 3. The summed E-state index contributed by atoms with van der Waals surface area (Å²) in [4.78, 5) is 18.5. The summed E-state index contributed by atoms with van der Waals surface area (Å²) in [5.41, 5.74) is 1.38. The van der Waals surface area contributed by atoms with Gasteiger partial charge in [-0.05, 0) is 37.8 Å². The summed E-state index contributed by atoms with van der Waals surface area (Å²) < 4.78 is 10.9. The highest BCUT2D eigenvalue weighted by atomic mass is 16.5. The second-order valence-corrected chi connectivity index (χ2v) is 6.54. The lowest BCUT2D eigenvalue weighted by molar-refractivity contribution is 0.101. The Hall–Kier alpha value is -2.41. The van der Waals surface area contributed by atoms with Crippen LogP contribution in [0.2, 0.25) is 0 Å². The first-order chi connectivity index (χ1) is 12.7. The SMILES string of the molecule is CCc1noc(-c2ccccc2NC(=O)N(C)CCC[C@H]2CCCO2)n1. The number of para-hydroxylation sites is 1. The lowest BCUT2D eigenvalue weighted by atomic mass is 10.1. The smallest absolute Gasteiger partial charge is 0.321 e. The molecule has 1 saturated heterocycles. The summed E-state index contributed by atoms with van der Waals surface area (Å²) in [6.45, 7) is 3.52. The van der Waals surface area contributed by atoms with Crippen LogP contribution < -0.4 is 5.32 Å². The van der Waals surface area contributed by atoms with Gasteiger partial charge in [-0.15, -0.1) is 0 Å². The van der Waals surface area contributed by atoms with Gasteiger partial charge in [0.05, 0.1) is 17.4 Å². The van der Waals surface area contributed by atoms with Gasteiger partial charge in [0.1, 0.15) is 0 Å². The number of hydrogen-bond donors (Lipinski definition) is 1. The van der Waals surface area contributed by atoms with Crippen LogP contribution in [0, 0.1) is 0 Å². The van der Waals surface area contributed by atoms with Crippen molar-refractivity contribution < 1.29 is 14.1 Å². The Kier molecular flexibility index (Phi) is 6.22. The van der Waals surface area contributed by atoms with E-state index in [-0.39, 0.29) is 6.03 Å². The van der Waals surface area contributed by atoms with Crippen LogP contribution in [-0.2, 0) is 11.2 Å². The molecule has 1 aromatic carbocycles.